The minimum Gasteiger partial charge on any atom is -0.331 e. The fourth-order valence-corrected chi connectivity index (χ4v) is 2.56. The summed E-state index contributed by atoms with van der Waals surface area (Å²) >= 11 is 1.53. The Morgan fingerprint density at radius 1 is 1.41 bits per heavy atom. The second kappa shape index (κ2) is 6.83. The molecule has 1 atom stereocenters. The van der Waals surface area contributed by atoms with Crippen LogP contribution in [0.15, 0.2) is 23.6 Å². The van der Waals surface area contributed by atoms with Gasteiger partial charge < -0.3 is 10.2 Å². The number of thiazole rings is 1. The quantitative estimate of drug-likeness (QED) is 0.933. The summed E-state index contributed by atoms with van der Waals surface area (Å²) in [4.78, 5) is 17.9. The van der Waals surface area contributed by atoms with Crippen LogP contribution in [0, 0.1) is 18.6 Å². The number of hydrogen-bond acceptors (Lipinski definition) is 3. The van der Waals surface area contributed by atoms with E-state index in [9.17, 15) is 13.6 Å². The van der Waals surface area contributed by atoms with E-state index in [0.29, 0.717) is 12.1 Å². The molecule has 0 bridgehead atoms. The molecule has 1 aromatic carbocycles. The predicted molar refractivity (Wildman–Crippen MR) is 81.6 cm³/mol. The van der Waals surface area contributed by atoms with Gasteiger partial charge in [0.2, 0.25) is 0 Å². The topological polar surface area (TPSA) is 45.2 Å². The summed E-state index contributed by atoms with van der Waals surface area (Å²) < 4.78 is 26.1. The lowest BCUT2D eigenvalue weighted by atomic mass is 10.1. The first kappa shape index (κ1) is 16.4. The second-order valence-electron chi connectivity index (χ2n) is 5.06. The number of carbonyl (C=O) groups excluding carboxylic acids is 1. The van der Waals surface area contributed by atoms with Gasteiger partial charge in [0, 0.05) is 12.4 Å². The highest BCUT2D eigenvalue weighted by Crippen LogP contribution is 2.16. The van der Waals surface area contributed by atoms with Gasteiger partial charge in [-0.05, 0) is 31.5 Å². The van der Waals surface area contributed by atoms with Crippen LogP contribution in [0.3, 0.4) is 0 Å². The van der Waals surface area contributed by atoms with Crippen molar-refractivity contribution >= 4 is 17.4 Å². The van der Waals surface area contributed by atoms with E-state index in [2.05, 4.69) is 10.3 Å². The van der Waals surface area contributed by atoms with Gasteiger partial charge in [0.05, 0.1) is 23.3 Å². The standard InChI is InChI=1S/C15H17F2N3OS/c1-9(11-4-5-13(16)14(17)6-11)18-15(21)20(3)7-12-8-22-10(2)19-12/h4-6,8-9H,7H2,1-3H3,(H,18,21). The van der Waals surface area contributed by atoms with E-state index in [1.54, 1.807) is 14.0 Å². The molecule has 4 nitrogen and oxygen atoms in total. The second-order valence-corrected chi connectivity index (χ2v) is 6.12. The number of urea groups is 1. The van der Waals surface area contributed by atoms with Crippen molar-refractivity contribution in [2.45, 2.75) is 26.4 Å². The number of nitrogens with zero attached hydrogens (tertiary/aromatic N) is 2. The highest BCUT2D eigenvalue weighted by atomic mass is 32.1. The van der Waals surface area contributed by atoms with Crippen molar-refractivity contribution in [1.82, 2.24) is 15.2 Å². The monoisotopic (exact) mass is 325 g/mol. The Bertz CT molecular complexity index is 675. The molecule has 0 aliphatic rings. The lowest BCUT2D eigenvalue weighted by Gasteiger charge is -2.21. The number of benzene rings is 1. The Morgan fingerprint density at radius 2 is 2.14 bits per heavy atom. The molecule has 0 spiro atoms. The maximum absolute atomic E-state index is 13.2. The number of nitrogens with one attached hydrogen (secondary N) is 1. The van der Waals surface area contributed by atoms with E-state index in [1.807, 2.05) is 12.3 Å². The Hall–Kier alpha value is -2.02. The van der Waals surface area contributed by atoms with Crippen molar-refractivity contribution < 1.29 is 13.6 Å². The van der Waals surface area contributed by atoms with Crippen LogP contribution in [0.2, 0.25) is 0 Å². The minimum atomic E-state index is -0.926. The summed E-state index contributed by atoms with van der Waals surface area (Å²) in [7, 11) is 1.65. The maximum Gasteiger partial charge on any atom is 0.317 e. The molecule has 1 heterocycles. The normalized spacial score (nSPS) is 12.0. The Kier molecular flexibility index (Phi) is 5.07. The molecule has 0 fully saturated rings. The van der Waals surface area contributed by atoms with E-state index < -0.39 is 17.7 Å². The Labute approximate surface area is 131 Å². The van der Waals surface area contributed by atoms with Crippen LogP contribution in [0.4, 0.5) is 13.6 Å². The summed E-state index contributed by atoms with van der Waals surface area (Å²) in [6, 6.07) is 2.86. The maximum atomic E-state index is 13.2. The lowest BCUT2D eigenvalue weighted by Crippen LogP contribution is -2.38. The van der Waals surface area contributed by atoms with Crippen molar-refractivity contribution in [2.24, 2.45) is 0 Å². The third-order valence-corrected chi connectivity index (χ3v) is 4.02. The van der Waals surface area contributed by atoms with Gasteiger partial charge >= 0.3 is 6.03 Å². The highest BCUT2D eigenvalue weighted by molar-refractivity contribution is 7.09. The van der Waals surface area contributed by atoms with Crippen molar-refractivity contribution in [1.29, 1.82) is 0 Å². The number of aryl methyl sites for hydroxylation is 1. The molecule has 22 heavy (non-hydrogen) atoms. The molecule has 0 aliphatic carbocycles. The fourth-order valence-electron chi connectivity index (χ4n) is 1.96. The first-order valence-corrected chi connectivity index (χ1v) is 7.62. The molecular weight excluding hydrogens is 308 g/mol. The van der Waals surface area contributed by atoms with Gasteiger partial charge in [0.25, 0.3) is 0 Å². The molecule has 0 saturated carbocycles. The van der Waals surface area contributed by atoms with Crippen LogP contribution >= 0.6 is 11.3 Å². The molecule has 2 rings (SSSR count). The predicted octanol–water partition coefficient (Wildman–Crippen LogP) is 3.63. The molecule has 118 valence electrons. The molecule has 0 aliphatic heterocycles. The van der Waals surface area contributed by atoms with Crippen molar-refractivity contribution in [2.75, 3.05) is 7.05 Å². The third kappa shape index (κ3) is 4.00. The zero-order valence-electron chi connectivity index (χ0n) is 12.6. The van der Waals surface area contributed by atoms with E-state index in [4.69, 9.17) is 0 Å². The van der Waals surface area contributed by atoms with Crippen molar-refractivity contribution in [3.63, 3.8) is 0 Å². The van der Waals surface area contributed by atoms with E-state index in [0.717, 1.165) is 22.8 Å². The van der Waals surface area contributed by atoms with Gasteiger partial charge in [-0.25, -0.2) is 18.6 Å². The molecular formula is C15H17F2N3OS. The van der Waals surface area contributed by atoms with E-state index in [1.165, 1.54) is 22.3 Å². The fraction of sp³-hybridized carbons (Fsp3) is 0.333. The van der Waals surface area contributed by atoms with Crippen LogP contribution in [-0.4, -0.2) is 23.0 Å². The number of halogens is 2. The van der Waals surface area contributed by atoms with Gasteiger partial charge in [-0.1, -0.05) is 6.07 Å². The number of rotatable bonds is 4. The molecule has 0 radical (unpaired) electrons. The number of carbonyl (C=O) groups is 1. The van der Waals surface area contributed by atoms with E-state index >= 15 is 0 Å². The van der Waals surface area contributed by atoms with E-state index in [-0.39, 0.29) is 6.03 Å². The number of aromatic nitrogens is 1. The number of hydrogen-bond donors (Lipinski definition) is 1. The van der Waals surface area contributed by atoms with Crippen LogP contribution in [-0.2, 0) is 6.54 Å². The Morgan fingerprint density at radius 3 is 2.73 bits per heavy atom. The van der Waals surface area contributed by atoms with Gasteiger partial charge in [-0.15, -0.1) is 11.3 Å². The van der Waals surface area contributed by atoms with Gasteiger partial charge in [-0.2, -0.15) is 0 Å². The zero-order valence-corrected chi connectivity index (χ0v) is 13.4. The molecule has 1 aromatic heterocycles. The first-order chi connectivity index (χ1) is 10.4. The molecule has 1 unspecified atom stereocenters. The molecule has 0 saturated heterocycles. The first-order valence-electron chi connectivity index (χ1n) is 6.74. The summed E-state index contributed by atoms with van der Waals surface area (Å²) in [5.41, 5.74) is 1.32. The summed E-state index contributed by atoms with van der Waals surface area (Å²) in [5.74, 6) is -1.83. The average Bonchev–Trinajstić information content (AvgIpc) is 2.86. The molecule has 2 amide bonds. The summed E-state index contributed by atoms with van der Waals surface area (Å²) in [6.45, 7) is 4.01. The summed E-state index contributed by atoms with van der Waals surface area (Å²) in [6.07, 6.45) is 0. The minimum absolute atomic E-state index is 0.303. The van der Waals surface area contributed by atoms with Crippen LogP contribution < -0.4 is 5.32 Å². The van der Waals surface area contributed by atoms with Crippen molar-refractivity contribution in [3.8, 4) is 0 Å². The van der Waals surface area contributed by atoms with Crippen LogP contribution in [0.1, 0.15) is 29.2 Å². The molecule has 7 heteroatoms. The SMILES string of the molecule is Cc1nc(CN(C)C(=O)NC(C)c2ccc(F)c(F)c2)cs1. The van der Waals surface area contributed by atoms with Gasteiger partial charge in [-0.3, -0.25) is 0 Å². The average molecular weight is 325 g/mol. The molecule has 2 aromatic rings. The highest BCUT2D eigenvalue weighted by Gasteiger charge is 2.15. The third-order valence-electron chi connectivity index (χ3n) is 3.20. The Balaban J connectivity index is 1.96. The van der Waals surface area contributed by atoms with Crippen LogP contribution in [0.5, 0.6) is 0 Å². The van der Waals surface area contributed by atoms with Crippen LogP contribution in [0.25, 0.3) is 0 Å². The summed E-state index contributed by atoms with van der Waals surface area (Å²) in [5, 5.41) is 5.59. The largest absolute Gasteiger partial charge is 0.331 e. The zero-order chi connectivity index (χ0) is 16.3. The van der Waals surface area contributed by atoms with Gasteiger partial charge in [0.1, 0.15) is 0 Å². The van der Waals surface area contributed by atoms with Crippen molar-refractivity contribution in [3.05, 3.63) is 51.5 Å². The lowest BCUT2D eigenvalue weighted by molar-refractivity contribution is 0.203. The molecule has 1 N–H and O–H groups in total. The number of amides is 2. The smallest absolute Gasteiger partial charge is 0.317 e. The van der Waals surface area contributed by atoms with Gasteiger partial charge in [0.15, 0.2) is 11.6 Å².